The van der Waals surface area contributed by atoms with E-state index in [9.17, 15) is 18.0 Å². The van der Waals surface area contributed by atoms with Gasteiger partial charge in [-0.05, 0) is 12.1 Å². The highest BCUT2D eigenvalue weighted by Gasteiger charge is 2.34. The van der Waals surface area contributed by atoms with Crippen molar-refractivity contribution in [3.05, 3.63) is 51.8 Å². The van der Waals surface area contributed by atoms with Crippen molar-refractivity contribution in [2.45, 2.75) is 6.18 Å². The largest absolute Gasteiger partial charge is 0.417 e. The van der Waals surface area contributed by atoms with E-state index in [1.807, 2.05) is 0 Å². The molecule has 0 atom stereocenters. The molecule has 1 amide bonds. The third kappa shape index (κ3) is 2.93. The predicted octanol–water partition coefficient (Wildman–Crippen LogP) is 2.85. The van der Waals surface area contributed by atoms with E-state index in [2.05, 4.69) is 4.99 Å². The second-order valence-electron chi connectivity index (χ2n) is 3.76. The van der Waals surface area contributed by atoms with Crippen LogP contribution in [0.2, 0.25) is 0 Å². The lowest BCUT2D eigenvalue weighted by atomic mass is 10.1. The molecule has 0 aliphatic heterocycles. The van der Waals surface area contributed by atoms with Gasteiger partial charge in [0, 0.05) is 18.6 Å². The van der Waals surface area contributed by atoms with Gasteiger partial charge in [-0.2, -0.15) is 18.2 Å². The molecule has 0 bridgehead atoms. The molecule has 7 heteroatoms. The number of halogens is 3. The maximum atomic E-state index is 12.8. The molecule has 0 fully saturated rings. The van der Waals surface area contributed by atoms with Crippen LogP contribution in [0.1, 0.15) is 15.9 Å². The quantitative estimate of drug-likeness (QED) is 0.793. The lowest BCUT2D eigenvalue weighted by Crippen LogP contribution is -2.16. The third-order valence-corrected chi connectivity index (χ3v) is 3.27. The summed E-state index contributed by atoms with van der Waals surface area (Å²) in [5.41, 5.74) is -1.41. The second kappa shape index (κ2) is 5.00. The molecule has 3 nitrogen and oxygen atoms in total. The van der Waals surface area contributed by atoms with Crippen LogP contribution in [0.5, 0.6) is 0 Å². The van der Waals surface area contributed by atoms with Crippen molar-refractivity contribution in [2.24, 2.45) is 12.0 Å². The number of carbonyl (C=O) groups excluding carboxylic acids is 1. The summed E-state index contributed by atoms with van der Waals surface area (Å²) in [5.74, 6) is -0.897. The van der Waals surface area contributed by atoms with Gasteiger partial charge in [-0.25, -0.2) is 0 Å². The zero-order chi connectivity index (χ0) is 14.0. The first-order valence-corrected chi connectivity index (χ1v) is 6.13. The fourth-order valence-electron chi connectivity index (χ4n) is 1.50. The Bertz CT molecular complexity index is 670. The van der Waals surface area contributed by atoms with Crippen LogP contribution in [-0.2, 0) is 13.2 Å². The van der Waals surface area contributed by atoms with Crippen molar-refractivity contribution < 1.29 is 18.0 Å². The second-order valence-corrected chi connectivity index (χ2v) is 4.63. The van der Waals surface area contributed by atoms with E-state index in [4.69, 9.17) is 0 Å². The van der Waals surface area contributed by atoms with Crippen LogP contribution < -0.4 is 4.80 Å². The van der Waals surface area contributed by atoms with Crippen LogP contribution >= 0.6 is 11.3 Å². The highest BCUT2D eigenvalue weighted by atomic mass is 32.1. The Labute approximate surface area is 110 Å². The number of thiazole rings is 1. The summed E-state index contributed by atoms with van der Waals surface area (Å²) in [5, 5.41) is 1.70. The van der Waals surface area contributed by atoms with E-state index in [0.29, 0.717) is 4.80 Å². The number of hydrogen-bond acceptors (Lipinski definition) is 2. The summed E-state index contributed by atoms with van der Waals surface area (Å²) in [7, 11) is 1.66. The molecule has 1 heterocycles. The van der Waals surface area contributed by atoms with Gasteiger partial charge in [0.1, 0.15) is 0 Å². The highest BCUT2D eigenvalue weighted by molar-refractivity contribution is 7.07. The van der Waals surface area contributed by atoms with E-state index in [1.165, 1.54) is 23.5 Å². The van der Waals surface area contributed by atoms with Crippen LogP contribution in [-0.4, -0.2) is 10.5 Å². The lowest BCUT2D eigenvalue weighted by molar-refractivity contribution is -0.137. The Balaban J connectivity index is 2.50. The van der Waals surface area contributed by atoms with Gasteiger partial charge in [0.15, 0.2) is 4.80 Å². The zero-order valence-electron chi connectivity index (χ0n) is 9.81. The van der Waals surface area contributed by atoms with E-state index < -0.39 is 23.2 Å². The molecule has 0 saturated carbocycles. The third-order valence-electron chi connectivity index (χ3n) is 2.42. The van der Waals surface area contributed by atoms with Crippen molar-refractivity contribution in [1.29, 1.82) is 0 Å². The van der Waals surface area contributed by atoms with Crippen LogP contribution in [0.3, 0.4) is 0 Å². The number of carbonyl (C=O) groups is 1. The minimum atomic E-state index is -4.57. The number of benzene rings is 1. The van der Waals surface area contributed by atoms with Crippen molar-refractivity contribution in [3.8, 4) is 0 Å². The zero-order valence-corrected chi connectivity index (χ0v) is 10.6. The molecule has 1 aromatic carbocycles. The molecule has 0 aliphatic carbocycles. The summed E-state index contributed by atoms with van der Waals surface area (Å²) in [6, 6.07) is 4.62. The first kappa shape index (κ1) is 13.5. The maximum Gasteiger partial charge on any atom is 0.417 e. The fraction of sp³-hybridized carbons (Fsp3) is 0.167. The highest BCUT2D eigenvalue weighted by Crippen LogP contribution is 2.32. The molecular formula is C12H9F3N2OS. The van der Waals surface area contributed by atoms with Crippen molar-refractivity contribution in [2.75, 3.05) is 0 Å². The molecule has 0 aliphatic rings. The van der Waals surface area contributed by atoms with Gasteiger partial charge < -0.3 is 4.57 Å². The van der Waals surface area contributed by atoms with E-state index >= 15 is 0 Å². The van der Waals surface area contributed by atoms with Gasteiger partial charge >= 0.3 is 6.18 Å². The van der Waals surface area contributed by atoms with Crippen LogP contribution in [0.4, 0.5) is 13.2 Å². The fourth-order valence-corrected chi connectivity index (χ4v) is 2.23. The molecule has 0 unspecified atom stereocenters. The SMILES string of the molecule is Cn1ccsc1=NC(=O)c1ccccc1C(F)(F)F. The molecule has 2 aromatic rings. The van der Waals surface area contributed by atoms with Crippen LogP contribution in [0, 0.1) is 0 Å². The maximum absolute atomic E-state index is 12.8. The number of amides is 1. The summed E-state index contributed by atoms with van der Waals surface area (Å²) < 4.78 is 39.9. The monoisotopic (exact) mass is 286 g/mol. The molecule has 0 saturated heterocycles. The molecule has 100 valence electrons. The Kier molecular flexibility index (Phi) is 3.57. The van der Waals surface area contributed by atoms with Crippen molar-refractivity contribution in [1.82, 2.24) is 4.57 Å². The van der Waals surface area contributed by atoms with Crippen LogP contribution in [0.15, 0.2) is 40.8 Å². The Morgan fingerprint density at radius 1 is 1.32 bits per heavy atom. The first-order valence-electron chi connectivity index (χ1n) is 5.25. The average molecular weight is 286 g/mol. The summed E-state index contributed by atoms with van der Waals surface area (Å²) >= 11 is 1.18. The van der Waals surface area contributed by atoms with Crippen molar-refractivity contribution in [3.63, 3.8) is 0 Å². The average Bonchev–Trinajstić information content (AvgIpc) is 2.74. The van der Waals surface area contributed by atoms with E-state index in [0.717, 1.165) is 12.1 Å². The molecule has 0 N–H and O–H groups in total. The minimum Gasteiger partial charge on any atom is -0.327 e. The Hall–Kier alpha value is -1.89. The number of aryl methyl sites for hydroxylation is 1. The number of hydrogen-bond donors (Lipinski definition) is 0. The van der Waals surface area contributed by atoms with Gasteiger partial charge in [-0.1, -0.05) is 12.1 Å². The van der Waals surface area contributed by atoms with Gasteiger partial charge in [-0.3, -0.25) is 4.79 Å². The number of alkyl halides is 3. The molecule has 2 rings (SSSR count). The topological polar surface area (TPSA) is 34.4 Å². The van der Waals surface area contributed by atoms with E-state index in [1.54, 1.807) is 23.2 Å². The minimum absolute atomic E-state index is 0.349. The number of nitrogens with zero attached hydrogens (tertiary/aromatic N) is 2. The lowest BCUT2D eigenvalue weighted by Gasteiger charge is -2.09. The molecule has 19 heavy (non-hydrogen) atoms. The number of rotatable bonds is 1. The molecule has 0 radical (unpaired) electrons. The van der Waals surface area contributed by atoms with Crippen molar-refractivity contribution >= 4 is 17.2 Å². The summed E-state index contributed by atoms with van der Waals surface area (Å²) in [6.45, 7) is 0. The summed E-state index contributed by atoms with van der Waals surface area (Å²) in [4.78, 5) is 15.9. The standard InChI is InChI=1S/C12H9F3N2OS/c1-17-6-7-19-11(17)16-10(18)8-4-2-3-5-9(8)12(13,14)15/h2-7H,1H3. The normalized spacial score (nSPS) is 12.7. The Morgan fingerprint density at radius 2 is 2.00 bits per heavy atom. The molecule has 1 aromatic heterocycles. The first-order chi connectivity index (χ1) is 8.89. The van der Waals surface area contributed by atoms with Crippen LogP contribution in [0.25, 0.3) is 0 Å². The van der Waals surface area contributed by atoms with E-state index in [-0.39, 0.29) is 0 Å². The predicted molar refractivity (Wildman–Crippen MR) is 64.6 cm³/mol. The smallest absolute Gasteiger partial charge is 0.327 e. The number of aromatic nitrogens is 1. The molecule has 0 spiro atoms. The van der Waals surface area contributed by atoms with Gasteiger partial charge in [-0.15, -0.1) is 11.3 Å². The Morgan fingerprint density at radius 3 is 2.58 bits per heavy atom. The van der Waals surface area contributed by atoms with Gasteiger partial charge in [0.25, 0.3) is 5.91 Å². The summed E-state index contributed by atoms with van der Waals surface area (Å²) in [6.07, 6.45) is -2.90. The molecular weight excluding hydrogens is 277 g/mol. The van der Waals surface area contributed by atoms with Gasteiger partial charge in [0.05, 0.1) is 11.1 Å². The van der Waals surface area contributed by atoms with Gasteiger partial charge in [0.2, 0.25) is 0 Å².